The third-order valence-corrected chi connectivity index (χ3v) is 4.42. The molecule has 0 aliphatic carbocycles. The molecule has 1 rings (SSSR count). The summed E-state index contributed by atoms with van der Waals surface area (Å²) in [6.45, 7) is 6.36. The predicted molar refractivity (Wildman–Crippen MR) is 72.8 cm³/mol. The van der Waals surface area contributed by atoms with Gasteiger partial charge >= 0.3 is 113 Å². The molecule has 1 aromatic heterocycles. The van der Waals surface area contributed by atoms with Crippen molar-refractivity contribution in [3.05, 3.63) is 30.1 Å². The molecular formula is C12H20NO5P. The summed E-state index contributed by atoms with van der Waals surface area (Å²) in [6.07, 6.45) is 1.52. The molecule has 0 spiro atoms. The van der Waals surface area contributed by atoms with Gasteiger partial charge in [-0.05, 0) is 0 Å². The zero-order valence-electron chi connectivity index (χ0n) is 11.4. The molecule has 1 aromatic rings. The van der Waals surface area contributed by atoms with Gasteiger partial charge in [-0.2, -0.15) is 0 Å². The zero-order chi connectivity index (χ0) is 14.1. The van der Waals surface area contributed by atoms with E-state index in [-0.39, 0.29) is 5.69 Å². The van der Waals surface area contributed by atoms with Crippen LogP contribution in [0.4, 0.5) is 0 Å². The molecule has 6 nitrogen and oxygen atoms in total. The van der Waals surface area contributed by atoms with Crippen molar-refractivity contribution in [2.45, 2.75) is 20.8 Å². The van der Waals surface area contributed by atoms with Crippen LogP contribution in [0.2, 0.25) is 0 Å². The molecule has 1 heterocycles. The number of hydrogen-bond donors (Lipinski definition) is 0. The molecule has 0 unspecified atom stereocenters. The predicted octanol–water partition coefficient (Wildman–Crippen LogP) is 2.76. The first-order valence-corrected chi connectivity index (χ1v) is 7.87. The van der Waals surface area contributed by atoms with E-state index in [9.17, 15) is 4.79 Å². The topological polar surface area (TPSA) is 66.9 Å². The van der Waals surface area contributed by atoms with Crippen molar-refractivity contribution >= 4 is 14.1 Å². The number of aromatic nitrogens is 1. The van der Waals surface area contributed by atoms with Gasteiger partial charge in [0, 0.05) is 0 Å². The quantitative estimate of drug-likeness (QED) is 0.685. The second-order valence-corrected chi connectivity index (χ2v) is 5.47. The van der Waals surface area contributed by atoms with Crippen molar-refractivity contribution in [1.82, 2.24) is 4.98 Å². The summed E-state index contributed by atoms with van der Waals surface area (Å²) in [7, 11) is -3.43. The van der Waals surface area contributed by atoms with Gasteiger partial charge in [-0.1, -0.05) is 0 Å². The van der Waals surface area contributed by atoms with Crippen molar-refractivity contribution in [2.24, 2.45) is 0 Å². The molecule has 0 saturated carbocycles. The van der Waals surface area contributed by atoms with Gasteiger partial charge in [0.1, 0.15) is 0 Å². The molecule has 108 valence electrons. The molecule has 0 amide bonds. The van der Waals surface area contributed by atoms with Gasteiger partial charge in [-0.15, -0.1) is 0 Å². The first-order valence-electron chi connectivity index (χ1n) is 6.23. The van der Waals surface area contributed by atoms with Gasteiger partial charge in [0.15, 0.2) is 0 Å². The van der Waals surface area contributed by atoms with Gasteiger partial charge in [0.05, 0.1) is 0 Å². The number of hydrogen-bond acceptors (Lipinski definition) is 6. The van der Waals surface area contributed by atoms with Gasteiger partial charge < -0.3 is 0 Å². The first-order chi connectivity index (χ1) is 9.17. The maximum absolute atomic E-state index is 12.0. The van der Waals surface area contributed by atoms with Crippen LogP contribution in [0.3, 0.4) is 0 Å². The van der Waals surface area contributed by atoms with E-state index in [4.69, 9.17) is 18.1 Å². The minimum absolute atomic E-state index is 0.193. The molecular weight excluding hydrogens is 269 g/mol. The fourth-order valence-corrected chi connectivity index (χ4v) is 3.21. The molecule has 0 radical (unpaired) electrons. The van der Waals surface area contributed by atoms with Crippen LogP contribution >= 0.6 is 8.17 Å². The molecule has 0 N–H and O–H groups in total. The molecule has 0 bridgehead atoms. The fraction of sp³-hybridized carbons (Fsp3) is 0.500. The fourth-order valence-electron chi connectivity index (χ4n) is 1.39. The molecule has 0 aliphatic heterocycles. The van der Waals surface area contributed by atoms with E-state index in [1.165, 1.54) is 6.20 Å². The Labute approximate surface area is 113 Å². The number of carbonyl (C=O) groups is 1. The third-order valence-electron chi connectivity index (χ3n) is 2.06. The molecule has 0 atom stereocenters. The Kier molecular flexibility index (Phi) is 6.87. The van der Waals surface area contributed by atoms with Gasteiger partial charge in [0.2, 0.25) is 0 Å². The van der Waals surface area contributed by atoms with E-state index in [2.05, 4.69) is 4.98 Å². The van der Waals surface area contributed by atoms with Gasteiger partial charge in [-0.3, -0.25) is 0 Å². The molecule has 0 aromatic carbocycles. The van der Waals surface area contributed by atoms with Crippen molar-refractivity contribution < 1.29 is 22.9 Å². The van der Waals surface area contributed by atoms with Crippen LogP contribution < -0.4 is 0 Å². The standard InChI is InChI=1S/C12H20NO5P/c1-4-15-19(16-5-2,17-6-3)18-12(14)11-9-7-8-10-13-11/h7-10,19H,4-6H2,1-3H3. The Balaban J connectivity index is 2.83. The summed E-state index contributed by atoms with van der Waals surface area (Å²) < 4.78 is 21.6. The van der Waals surface area contributed by atoms with Crippen LogP contribution in [0.15, 0.2) is 24.4 Å². The van der Waals surface area contributed by atoms with Crippen LogP contribution in [0.25, 0.3) is 0 Å². The number of nitrogens with zero attached hydrogens (tertiary/aromatic N) is 1. The van der Waals surface area contributed by atoms with E-state index in [0.717, 1.165) is 0 Å². The summed E-state index contributed by atoms with van der Waals surface area (Å²) >= 11 is 0. The number of rotatable bonds is 8. The van der Waals surface area contributed by atoms with E-state index in [0.29, 0.717) is 19.8 Å². The normalized spacial score (nSPS) is 12.2. The minimum atomic E-state index is -3.43. The second-order valence-electron chi connectivity index (χ2n) is 3.40. The van der Waals surface area contributed by atoms with E-state index in [1.54, 1.807) is 39.0 Å². The van der Waals surface area contributed by atoms with E-state index >= 15 is 0 Å². The SMILES string of the molecule is CCO[PH](OCC)(OCC)OC(=O)c1ccccn1. The van der Waals surface area contributed by atoms with Gasteiger partial charge in [0.25, 0.3) is 0 Å². The van der Waals surface area contributed by atoms with Crippen LogP contribution in [0.1, 0.15) is 31.3 Å². The summed E-state index contributed by atoms with van der Waals surface area (Å²) in [5.41, 5.74) is 0.193. The van der Waals surface area contributed by atoms with E-state index < -0.39 is 14.1 Å². The Hall–Kier alpha value is -1.07. The zero-order valence-corrected chi connectivity index (χ0v) is 12.4. The van der Waals surface area contributed by atoms with Crippen LogP contribution in [0.5, 0.6) is 0 Å². The average molecular weight is 289 g/mol. The van der Waals surface area contributed by atoms with Crippen molar-refractivity contribution in [3.63, 3.8) is 0 Å². The third kappa shape index (κ3) is 4.84. The number of carbonyl (C=O) groups excluding carboxylic acids is 1. The average Bonchev–Trinajstić information content (AvgIpc) is 2.40. The molecule has 0 fully saturated rings. The first kappa shape index (κ1) is 16.0. The summed E-state index contributed by atoms with van der Waals surface area (Å²) in [4.78, 5) is 15.9. The Morgan fingerprint density at radius 2 is 1.68 bits per heavy atom. The molecule has 0 saturated heterocycles. The Bertz CT molecular complexity index is 370. The second kappa shape index (κ2) is 8.17. The number of pyridine rings is 1. The molecule has 19 heavy (non-hydrogen) atoms. The molecule has 0 aliphatic rings. The van der Waals surface area contributed by atoms with E-state index in [1.807, 2.05) is 0 Å². The monoisotopic (exact) mass is 289 g/mol. The van der Waals surface area contributed by atoms with Gasteiger partial charge in [-0.25, -0.2) is 0 Å². The maximum atomic E-state index is 12.0. The van der Waals surface area contributed by atoms with Crippen LogP contribution in [-0.2, 0) is 18.1 Å². The van der Waals surface area contributed by atoms with Crippen molar-refractivity contribution in [2.75, 3.05) is 19.8 Å². The van der Waals surface area contributed by atoms with Crippen LogP contribution in [0, 0.1) is 0 Å². The summed E-state index contributed by atoms with van der Waals surface area (Å²) in [5, 5.41) is 0. The van der Waals surface area contributed by atoms with Crippen LogP contribution in [-0.4, -0.2) is 30.8 Å². The van der Waals surface area contributed by atoms with Crippen molar-refractivity contribution in [3.8, 4) is 0 Å². The Morgan fingerprint density at radius 1 is 1.11 bits per heavy atom. The van der Waals surface area contributed by atoms with Crippen molar-refractivity contribution in [1.29, 1.82) is 0 Å². The summed E-state index contributed by atoms with van der Waals surface area (Å²) in [6, 6.07) is 4.98. The molecule has 7 heteroatoms. The Morgan fingerprint density at radius 3 is 2.11 bits per heavy atom. The summed E-state index contributed by atoms with van der Waals surface area (Å²) in [5.74, 6) is -0.609.